The molecule has 1 fully saturated rings. The smallest absolute Gasteiger partial charge is 0.201 e. The second kappa shape index (κ2) is 4.49. The van der Waals surface area contributed by atoms with Gasteiger partial charge in [0.05, 0.1) is 11.0 Å². The standard InChI is InChI=1S/C18H27N3/c1-12-6-7-14-15(8-12)21(16(19)20-14)13-9-17(2,3)11-18(4,5)10-13/h6-8,13H,9-11H2,1-5H3,(H2,19,20). The Labute approximate surface area is 127 Å². The van der Waals surface area contributed by atoms with E-state index < -0.39 is 0 Å². The van der Waals surface area contributed by atoms with Crippen molar-refractivity contribution in [2.75, 3.05) is 5.73 Å². The summed E-state index contributed by atoms with van der Waals surface area (Å²) in [5.41, 5.74) is 10.4. The lowest BCUT2D eigenvalue weighted by atomic mass is 9.63. The molecule has 1 heterocycles. The third kappa shape index (κ3) is 2.66. The number of aryl methyl sites for hydroxylation is 1. The Bertz CT molecular complexity index is 663. The first kappa shape index (κ1) is 14.4. The molecule has 1 aliphatic carbocycles. The van der Waals surface area contributed by atoms with Gasteiger partial charge in [0.2, 0.25) is 5.95 Å². The predicted octanol–water partition coefficient (Wildman–Crippen LogP) is 4.70. The molecular formula is C18H27N3. The van der Waals surface area contributed by atoms with Crippen LogP contribution in [0, 0.1) is 17.8 Å². The minimum absolute atomic E-state index is 0.347. The first-order valence-corrected chi connectivity index (χ1v) is 7.91. The fraction of sp³-hybridized carbons (Fsp3) is 0.611. The average Bonchev–Trinajstić information content (AvgIpc) is 2.60. The lowest BCUT2D eigenvalue weighted by Gasteiger charge is -2.45. The molecule has 0 amide bonds. The van der Waals surface area contributed by atoms with E-state index in [0.29, 0.717) is 22.8 Å². The highest BCUT2D eigenvalue weighted by molar-refractivity contribution is 5.79. The highest BCUT2D eigenvalue weighted by atomic mass is 15.2. The molecule has 3 rings (SSSR count). The molecule has 0 radical (unpaired) electrons. The van der Waals surface area contributed by atoms with Crippen molar-refractivity contribution in [3.8, 4) is 0 Å². The zero-order valence-corrected chi connectivity index (χ0v) is 13.9. The summed E-state index contributed by atoms with van der Waals surface area (Å²) in [6, 6.07) is 6.84. The van der Waals surface area contributed by atoms with Gasteiger partial charge in [0, 0.05) is 6.04 Å². The van der Waals surface area contributed by atoms with Crippen molar-refractivity contribution in [3.63, 3.8) is 0 Å². The fourth-order valence-electron chi connectivity index (χ4n) is 4.58. The zero-order valence-electron chi connectivity index (χ0n) is 13.9. The van der Waals surface area contributed by atoms with Crippen LogP contribution in [0.4, 0.5) is 5.95 Å². The van der Waals surface area contributed by atoms with Crippen LogP contribution in [0.2, 0.25) is 0 Å². The second-order valence-corrected chi connectivity index (χ2v) is 8.40. The maximum Gasteiger partial charge on any atom is 0.201 e. The summed E-state index contributed by atoms with van der Waals surface area (Å²) < 4.78 is 2.28. The number of hydrogen-bond acceptors (Lipinski definition) is 2. The molecule has 0 saturated heterocycles. The number of aromatic nitrogens is 2. The first-order valence-electron chi connectivity index (χ1n) is 7.91. The maximum atomic E-state index is 6.26. The van der Waals surface area contributed by atoms with Gasteiger partial charge in [-0.05, 0) is 54.7 Å². The van der Waals surface area contributed by atoms with Crippen LogP contribution in [-0.4, -0.2) is 9.55 Å². The Hall–Kier alpha value is -1.51. The van der Waals surface area contributed by atoms with Gasteiger partial charge in [-0.15, -0.1) is 0 Å². The van der Waals surface area contributed by atoms with Crippen LogP contribution in [0.1, 0.15) is 58.6 Å². The number of fused-ring (bicyclic) bond motifs is 1. The number of benzene rings is 1. The molecule has 114 valence electrons. The van der Waals surface area contributed by atoms with Crippen molar-refractivity contribution in [3.05, 3.63) is 23.8 Å². The van der Waals surface area contributed by atoms with Gasteiger partial charge in [-0.2, -0.15) is 0 Å². The van der Waals surface area contributed by atoms with Crippen LogP contribution < -0.4 is 5.73 Å². The average molecular weight is 285 g/mol. The highest BCUT2D eigenvalue weighted by Crippen LogP contribution is 2.51. The van der Waals surface area contributed by atoms with Crippen LogP contribution in [0.5, 0.6) is 0 Å². The highest BCUT2D eigenvalue weighted by Gasteiger charge is 2.40. The third-order valence-corrected chi connectivity index (χ3v) is 4.77. The van der Waals surface area contributed by atoms with Gasteiger partial charge >= 0.3 is 0 Å². The topological polar surface area (TPSA) is 43.8 Å². The first-order chi connectivity index (χ1) is 9.67. The summed E-state index contributed by atoms with van der Waals surface area (Å²) in [6.07, 6.45) is 3.60. The van der Waals surface area contributed by atoms with Crippen molar-refractivity contribution in [2.45, 2.75) is 59.9 Å². The van der Waals surface area contributed by atoms with E-state index in [-0.39, 0.29) is 0 Å². The number of nitrogen functional groups attached to an aromatic ring is 1. The Morgan fingerprint density at radius 3 is 2.38 bits per heavy atom. The van der Waals surface area contributed by atoms with Gasteiger partial charge in [-0.3, -0.25) is 0 Å². The molecule has 21 heavy (non-hydrogen) atoms. The molecular weight excluding hydrogens is 258 g/mol. The maximum absolute atomic E-state index is 6.26. The summed E-state index contributed by atoms with van der Waals surface area (Å²) in [5.74, 6) is 0.661. The van der Waals surface area contributed by atoms with Gasteiger partial charge in [0.1, 0.15) is 0 Å². The molecule has 0 bridgehead atoms. The Morgan fingerprint density at radius 1 is 1.14 bits per heavy atom. The number of rotatable bonds is 1. The molecule has 1 aliphatic rings. The van der Waals surface area contributed by atoms with E-state index in [1.807, 2.05) is 0 Å². The van der Waals surface area contributed by atoms with Crippen LogP contribution in [-0.2, 0) is 0 Å². The molecule has 2 N–H and O–H groups in total. The summed E-state index contributed by atoms with van der Waals surface area (Å²) in [5, 5.41) is 0. The van der Waals surface area contributed by atoms with Gasteiger partial charge < -0.3 is 10.3 Å². The van der Waals surface area contributed by atoms with E-state index in [2.05, 4.69) is 62.4 Å². The van der Waals surface area contributed by atoms with Crippen molar-refractivity contribution >= 4 is 17.0 Å². The van der Waals surface area contributed by atoms with E-state index in [4.69, 9.17) is 5.73 Å². The molecule has 0 aliphatic heterocycles. The van der Waals surface area contributed by atoms with E-state index in [1.54, 1.807) is 0 Å². The molecule has 2 aromatic rings. The molecule has 0 spiro atoms. The van der Waals surface area contributed by atoms with Gasteiger partial charge in [0.25, 0.3) is 0 Å². The van der Waals surface area contributed by atoms with Gasteiger partial charge in [-0.1, -0.05) is 33.8 Å². The number of nitrogens with two attached hydrogens (primary N) is 1. The van der Waals surface area contributed by atoms with E-state index >= 15 is 0 Å². The summed E-state index contributed by atoms with van der Waals surface area (Å²) in [7, 11) is 0. The molecule has 1 aromatic heterocycles. The normalized spacial score (nSPS) is 21.8. The minimum atomic E-state index is 0.347. The van der Waals surface area contributed by atoms with Crippen molar-refractivity contribution in [2.24, 2.45) is 10.8 Å². The number of hydrogen-bond donors (Lipinski definition) is 1. The summed E-state index contributed by atoms with van der Waals surface area (Å²) in [4.78, 5) is 4.57. The number of imidazole rings is 1. The molecule has 1 saturated carbocycles. The third-order valence-electron chi connectivity index (χ3n) is 4.77. The molecule has 0 atom stereocenters. The minimum Gasteiger partial charge on any atom is -0.369 e. The van der Waals surface area contributed by atoms with E-state index in [9.17, 15) is 0 Å². The molecule has 3 nitrogen and oxygen atoms in total. The predicted molar refractivity (Wildman–Crippen MR) is 89.3 cm³/mol. The lowest BCUT2D eigenvalue weighted by molar-refractivity contribution is 0.0746. The van der Waals surface area contributed by atoms with E-state index in [0.717, 1.165) is 5.52 Å². The van der Waals surface area contributed by atoms with Crippen molar-refractivity contribution in [1.82, 2.24) is 9.55 Å². The molecule has 3 heteroatoms. The van der Waals surface area contributed by atoms with Crippen LogP contribution >= 0.6 is 0 Å². The second-order valence-electron chi connectivity index (χ2n) is 8.40. The largest absolute Gasteiger partial charge is 0.369 e. The summed E-state index contributed by atoms with van der Waals surface area (Å²) >= 11 is 0. The van der Waals surface area contributed by atoms with Crippen LogP contribution in [0.15, 0.2) is 18.2 Å². The Morgan fingerprint density at radius 2 is 1.76 bits per heavy atom. The monoisotopic (exact) mass is 285 g/mol. The number of nitrogens with zero attached hydrogens (tertiary/aromatic N) is 2. The zero-order chi connectivity index (χ0) is 15.4. The lowest BCUT2D eigenvalue weighted by Crippen LogP contribution is -2.35. The quantitative estimate of drug-likeness (QED) is 0.825. The molecule has 1 aromatic carbocycles. The van der Waals surface area contributed by atoms with Crippen molar-refractivity contribution in [1.29, 1.82) is 0 Å². The van der Waals surface area contributed by atoms with Crippen LogP contribution in [0.25, 0.3) is 11.0 Å². The van der Waals surface area contributed by atoms with E-state index in [1.165, 1.54) is 30.3 Å². The summed E-state index contributed by atoms with van der Waals surface area (Å²) in [6.45, 7) is 11.6. The van der Waals surface area contributed by atoms with Crippen LogP contribution in [0.3, 0.4) is 0 Å². The SMILES string of the molecule is Cc1ccc2nc(N)n(C3CC(C)(C)CC(C)(C)C3)c2c1. The number of anilines is 1. The van der Waals surface area contributed by atoms with Gasteiger partial charge in [-0.25, -0.2) is 4.98 Å². The van der Waals surface area contributed by atoms with Crippen molar-refractivity contribution < 1.29 is 0 Å². The van der Waals surface area contributed by atoms with Gasteiger partial charge in [0.15, 0.2) is 0 Å². The molecule has 0 unspecified atom stereocenters. The Balaban J connectivity index is 2.11. The fourth-order valence-corrected chi connectivity index (χ4v) is 4.58. The Kier molecular flexibility index (Phi) is 3.09.